The summed E-state index contributed by atoms with van der Waals surface area (Å²) < 4.78 is 11.7. The van der Waals surface area contributed by atoms with Crippen molar-refractivity contribution in [2.24, 2.45) is 45.3 Å². The van der Waals surface area contributed by atoms with E-state index in [0.29, 0.717) is 23.9 Å². The summed E-state index contributed by atoms with van der Waals surface area (Å²) >= 11 is 0. The smallest absolute Gasteiger partial charge is 0.302 e. The molecule has 0 aromatic heterocycles. The molecule has 0 aromatic rings. The lowest BCUT2D eigenvalue weighted by Gasteiger charge is -2.67. The van der Waals surface area contributed by atoms with E-state index < -0.39 is 0 Å². The number of hydrogen-bond acceptors (Lipinski definition) is 4. The van der Waals surface area contributed by atoms with Crippen LogP contribution in [0, 0.1) is 45.3 Å². The molecule has 4 nitrogen and oxygen atoms in total. The van der Waals surface area contributed by atoms with Gasteiger partial charge in [-0.25, -0.2) is 0 Å². The van der Waals surface area contributed by atoms with Crippen molar-refractivity contribution in [1.82, 2.24) is 0 Å². The molecule has 1 spiro atoms. The third kappa shape index (κ3) is 2.24. The lowest BCUT2D eigenvalue weighted by Crippen LogP contribution is -2.64. The summed E-state index contributed by atoms with van der Waals surface area (Å²) in [7, 11) is 0. The fraction of sp³-hybridized carbons (Fsp3) is 0.917. The molecule has 0 aromatic carbocycles. The summed E-state index contributed by atoms with van der Waals surface area (Å²) in [6, 6.07) is 0. The second-order valence-corrected chi connectivity index (χ2v) is 11.8. The Kier molecular flexibility index (Phi) is 3.75. The molecule has 0 heterocycles. The first-order valence-corrected chi connectivity index (χ1v) is 11.4. The zero-order valence-corrected chi connectivity index (χ0v) is 18.2. The Labute approximate surface area is 169 Å². The van der Waals surface area contributed by atoms with Crippen molar-refractivity contribution in [3.8, 4) is 0 Å². The zero-order valence-electron chi connectivity index (χ0n) is 18.2. The Morgan fingerprint density at radius 1 is 0.929 bits per heavy atom. The molecule has 4 heteroatoms. The van der Waals surface area contributed by atoms with E-state index in [-0.39, 0.29) is 34.3 Å². The van der Waals surface area contributed by atoms with Gasteiger partial charge in [-0.3, -0.25) is 9.59 Å². The molecule has 4 bridgehead atoms. The van der Waals surface area contributed by atoms with E-state index in [2.05, 4.69) is 20.8 Å². The minimum absolute atomic E-state index is 0.0217. The van der Waals surface area contributed by atoms with Crippen LogP contribution in [0.15, 0.2) is 0 Å². The molecule has 6 fully saturated rings. The maximum absolute atomic E-state index is 12.1. The first kappa shape index (κ1) is 18.9. The van der Waals surface area contributed by atoms with E-state index in [1.54, 1.807) is 6.92 Å². The summed E-state index contributed by atoms with van der Waals surface area (Å²) in [6.45, 7) is 10.9. The van der Waals surface area contributed by atoms with Crippen LogP contribution in [-0.4, -0.2) is 24.6 Å². The van der Waals surface area contributed by atoms with Crippen molar-refractivity contribution in [2.45, 2.75) is 85.7 Å². The highest BCUT2D eigenvalue weighted by atomic mass is 16.5. The molecular formula is C24H36O4. The normalized spacial score (nSPS) is 55.7. The van der Waals surface area contributed by atoms with E-state index >= 15 is 0 Å². The molecular weight excluding hydrogens is 352 g/mol. The quantitative estimate of drug-likeness (QED) is 0.655. The van der Waals surface area contributed by atoms with Gasteiger partial charge < -0.3 is 9.47 Å². The fourth-order valence-corrected chi connectivity index (χ4v) is 9.42. The second-order valence-electron chi connectivity index (χ2n) is 11.8. The van der Waals surface area contributed by atoms with Crippen LogP contribution in [0.3, 0.4) is 0 Å². The second kappa shape index (κ2) is 5.55. The molecule has 6 aliphatic carbocycles. The number of ether oxygens (including phenoxy) is 2. The van der Waals surface area contributed by atoms with Gasteiger partial charge in [0.2, 0.25) is 0 Å². The van der Waals surface area contributed by atoms with Gasteiger partial charge >= 0.3 is 11.9 Å². The molecule has 0 unspecified atom stereocenters. The summed E-state index contributed by atoms with van der Waals surface area (Å²) in [5, 5.41) is 0. The Morgan fingerprint density at radius 3 is 2.29 bits per heavy atom. The number of hydrogen-bond donors (Lipinski definition) is 0. The van der Waals surface area contributed by atoms with Gasteiger partial charge in [0.15, 0.2) is 0 Å². The van der Waals surface area contributed by atoms with Crippen molar-refractivity contribution < 1.29 is 19.1 Å². The SMILES string of the molecule is CC(=O)OC[C@@]1(C)CCC[C@]2(C)[C@@H]1C[C@H](OC(C)=O)[C@@]13C[C@H]4[C@@H](C[C@@H]21)[C@@]4(C)C3. The van der Waals surface area contributed by atoms with Crippen molar-refractivity contribution in [1.29, 1.82) is 0 Å². The number of carbonyl (C=O) groups is 2. The molecule has 6 rings (SSSR count). The van der Waals surface area contributed by atoms with Crippen LogP contribution in [0.4, 0.5) is 0 Å². The average Bonchev–Trinajstić information content (AvgIpc) is 3.05. The standard InChI is InChI=1S/C24H36O4/c1-14(25)27-13-21(3)7-6-8-22(4)18(21)10-20(28-15(2)26)24-11-17-16(9-19(22)24)23(17,5)12-24/h16-20H,6-13H2,1-5H3/t16-,17+,18-,19+,20+,21-,22-,23-,24-/m1/s1. The molecule has 0 aliphatic heterocycles. The minimum Gasteiger partial charge on any atom is -0.465 e. The molecule has 0 saturated heterocycles. The van der Waals surface area contributed by atoms with Crippen LogP contribution >= 0.6 is 0 Å². The van der Waals surface area contributed by atoms with Crippen LogP contribution < -0.4 is 0 Å². The summed E-state index contributed by atoms with van der Waals surface area (Å²) in [5.74, 6) is 2.50. The minimum atomic E-state index is -0.189. The van der Waals surface area contributed by atoms with E-state index in [0.717, 1.165) is 24.7 Å². The van der Waals surface area contributed by atoms with Crippen LogP contribution in [0.25, 0.3) is 0 Å². The summed E-state index contributed by atoms with van der Waals surface area (Å²) in [5.41, 5.74) is 0.934. The van der Waals surface area contributed by atoms with Crippen molar-refractivity contribution in [3.05, 3.63) is 0 Å². The number of esters is 2. The summed E-state index contributed by atoms with van der Waals surface area (Å²) in [6.07, 6.45) is 8.38. The Balaban J connectivity index is 1.53. The van der Waals surface area contributed by atoms with Gasteiger partial charge in [0.05, 0.1) is 6.61 Å². The number of fused-ring (bicyclic) bond motifs is 1. The van der Waals surface area contributed by atoms with E-state index in [9.17, 15) is 9.59 Å². The van der Waals surface area contributed by atoms with Crippen molar-refractivity contribution in [3.63, 3.8) is 0 Å². The maximum Gasteiger partial charge on any atom is 0.302 e. The summed E-state index contributed by atoms with van der Waals surface area (Å²) in [4.78, 5) is 23.6. The highest BCUT2D eigenvalue weighted by molar-refractivity contribution is 5.66. The third-order valence-corrected chi connectivity index (χ3v) is 10.5. The van der Waals surface area contributed by atoms with E-state index in [1.165, 1.54) is 39.0 Å². The molecule has 156 valence electrons. The van der Waals surface area contributed by atoms with Gasteiger partial charge in [-0.15, -0.1) is 0 Å². The lowest BCUT2D eigenvalue weighted by molar-refractivity contribution is -0.230. The predicted octanol–water partition coefficient (Wildman–Crippen LogP) is 4.75. The zero-order chi connectivity index (χ0) is 20.1. The Hall–Kier alpha value is -1.06. The molecule has 0 N–H and O–H groups in total. The van der Waals surface area contributed by atoms with Gasteiger partial charge in [-0.2, -0.15) is 0 Å². The fourth-order valence-electron chi connectivity index (χ4n) is 9.42. The van der Waals surface area contributed by atoms with Crippen LogP contribution in [0.1, 0.15) is 79.6 Å². The van der Waals surface area contributed by atoms with Crippen molar-refractivity contribution in [2.75, 3.05) is 6.61 Å². The maximum atomic E-state index is 12.1. The number of rotatable bonds is 3. The lowest BCUT2D eigenvalue weighted by atomic mass is 9.39. The molecule has 9 atom stereocenters. The van der Waals surface area contributed by atoms with Crippen LogP contribution in [0.2, 0.25) is 0 Å². The van der Waals surface area contributed by atoms with E-state index in [1.807, 2.05) is 0 Å². The largest absolute Gasteiger partial charge is 0.465 e. The predicted molar refractivity (Wildman–Crippen MR) is 105 cm³/mol. The molecule has 28 heavy (non-hydrogen) atoms. The molecule has 0 radical (unpaired) electrons. The highest BCUT2D eigenvalue weighted by Gasteiger charge is 2.80. The van der Waals surface area contributed by atoms with Crippen molar-refractivity contribution >= 4 is 11.9 Å². The first-order valence-electron chi connectivity index (χ1n) is 11.4. The van der Waals surface area contributed by atoms with Gasteiger partial charge in [-0.05, 0) is 73.0 Å². The number of carbonyl (C=O) groups excluding carboxylic acids is 2. The topological polar surface area (TPSA) is 52.6 Å². The average molecular weight is 389 g/mol. The first-order chi connectivity index (χ1) is 13.1. The van der Waals surface area contributed by atoms with Gasteiger partial charge in [0.1, 0.15) is 6.10 Å². The van der Waals surface area contributed by atoms with Crippen LogP contribution in [0.5, 0.6) is 0 Å². The third-order valence-electron chi connectivity index (χ3n) is 10.5. The monoisotopic (exact) mass is 388 g/mol. The van der Waals surface area contributed by atoms with Gasteiger partial charge in [0.25, 0.3) is 0 Å². The molecule has 6 saturated carbocycles. The van der Waals surface area contributed by atoms with E-state index in [4.69, 9.17) is 9.47 Å². The Bertz CT molecular complexity index is 732. The van der Waals surface area contributed by atoms with Crippen LogP contribution in [-0.2, 0) is 19.1 Å². The van der Waals surface area contributed by atoms with Gasteiger partial charge in [-0.1, -0.05) is 27.2 Å². The molecule has 0 amide bonds. The molecule has 6 aliphatic rings. The Morgan fingerprint density at radius 2 is 1.68 bits per heavy atom. The highest BCUT2D eigenvalue weighted by Crippen LogP contribution is 2.85. The van der Waals surface area contributed by atoms with Gasteiger partial charge in [0, 0.05) is 24.7 Å².